The second kappa shape index (κ2) is 4.66. The Bertz CT molecular complexity index is 569. The number of ether oxygens (including phenoxy) is 1. The molecule has 0 saturated carbocycles. The maximum atomic E-state index is 12.4. The van der Waals surface area contributed by atoms with Gasteiger partial charge in [-0.2, -0.15) is 0 Å². The van der Waals surface area contributed by atoms with Crippen molar-refractivity contribution in [3.05, 3.63) is 24.0 Å². The van der Waals surface area contributed by atoms with E-state index >= 15 is 0 Å². The van der Waals surface area contributed by atoms with Gasteiger partial charge in [-0.25, -0.2) is 13.2 Å². The smallest absolute Gasteiger partial charge is 0.338 e. The van der Waals surface area contributed by atoms with Gasteiger partial charge in [0, 0.05) is 19.0 Å². The fourth-order valence-corrected chi connectivity index (χ4v) is 4.09. The lowest BCUT2D eigenvalue weighted by Gasteiger charge is -2.16. The number of hydrogen-bond donors (Lipinski definition) is 1. The molecule has 0 spiro atoms. The molecule has 2 atom stereocenters. The van der Waals surface area contributed by atoms with Crippen LogP contribution in [0.15, 0.2) is 23.4 Å². The molecule has 6 nitrogen and oxygen atoms in total. The van der Waals surface area contributed by atoms with Crippen molar-refractivity contribution < 1.29 is 23.1 Å². The first-order chi connectivity index (χ1) is 8.44. The minimum absolute atomic E-state index is 0.188. The van der Waals surface area contributed by atoms with Crippen LogP contribution in [0.2, 0.25) is 0 Å². The van der Waals surface area contributed by atoms with Gasteiger partial charge in [0.05, 0.1) is 21.8 Å². The van der Waals surface area contributed by atoms with Crippen LogP contribution in [0, 0.1) is 0 Å². The number of aromatic carboxylic acids is 1. The van der Waals surface area contributed by atoms with Gasteiger partial charge in [-0.15, -0.1) is 0 Å². The molecule has 7 heteroatoms. The maximum Gasteiger partial charge on any atom is 0.338 e. The molecule has 1 aromatic rings. The van der Waals surface area contributed by atoms with Crippen LogP contribution in [0.3, 0.4) is 0 Å². The number of rotatable bonds is 3. The number of carboxylic acid groups (broad SMARTS) is 1. The molecule has 18 heavy (non-hydrogen) atoms. The highest BCUT2D eigenvalue weighted by Gasteiger charge is 2.38. The molecule has 0 aromatic carbocycles. The normalized spacial score (nSPS) is 24.1. The van der Waals surface area contributed by atoms with Crippen LogP contribution >= 0.6 is 0 Å². The SMILES string of the molecule is CC1OCCC1S(=O)(=O)c1ccncc1C(=O)O. The van der Waals surface area contributed by atoms with E-state index in [1.165, 1.54) is 12.3 Å². The summed E-state index contributed by atoms with van der Waals surface area (Å²) < 4.78 is 30.0. The minimum atomic E-state index is -3.71. The average Bonchev–Trinajstić information content (AvgIpc) is 2.76. The van der Waals surface area contributed by atoms with Gasteiger partial charge in [0.15, 0.2) is 9.84 Å². The Hall–Kier alpha value is -1.47. The van der Waals surface area contributed by atoms with E-state index in [1.807, 2.05) is 0 Å². The number of pyridine rings is 1. The van der Waals surface area contributed by atoms with Crippen molar-refractivity contribution in [1.82, 2.24) is 4.98 Å². The summed E-state index contributed by atoms with van der Waals surface area (Å²) in [6.07, 6.45) is 2.28. The zero-order valence-corrected chi connectivity index (χ0v) is 10.6. The molecule has 1 fully saturated rings. The van der Waals surface area contributed by atoms with Gasteiger partial charge < -0.3 is 9.84 Å². The molecule has 0 bridgehead atoms. The monoisotopic (exact) mass is 271 g/mol. The molecule has 1 aliphatic heterocycles. The van der Waals surface area contributed by atoms with E-state index in [4.69, 9.17) is 9.84 Å². The number of sulfone groups is 1. The summed E-state index contributed by atoms with van der Waals surface area (Å²) >= 11 is 0. The number of carbonyl (C=O) groups is 1. The van der Waals surface area contributed by atoms with Crippen LogP contribution in [-0.2, 0) is 14.6 Å². The van der Waals surface area contributed by atoms with Crippen molar-refractivity contribution in [3.63, 3.8) is 0 Å². The van der Waals surface area contributed by atoms with Crippen LogP contribution in [0.25, 0.3) is 0 Å². The predicted octanol–water partition coefficient (Wildman–Crippen LogP) is 0.731. The highest BCUT2D eigenvalue weighted by Crippen LogP contribution is 2.28. The molecule has 98 valence electrons. The lowest BCUT2D eigenvalue weighted by Crippen LogP contribution is -2.29. The van der Waals surface area contributed by atoms with Crippen molar-refractivity contribution in [2.75, 3.05) is 6.61 Å². The molecule has 1 aliphatic rings. The van der Waals surface area contributed by atoms with Crippen molar-refractivity contribution in [1.29, 1.82) is 0 Å². The van der Waals surface area contributed by atoms with Crippen LogP contribution in [0.5, 0.6) is 0 Å². The number of nitrogens with zero attached hydrogens (tertiary/aromatic N) is 1. The lowest BCUT2D eigenvalue weighted by molar-refractivity contribution is 0.0692. The summed E-state index contributed by atoms with van der Waals surface area (Å²) in [5.41, 5.74) is -0.295. The van der Waals surface area contributed by atoms with Crippen molar-refractivity contribution in [2.45, 2.75) is 29.6 Å². The molecule has 2 rings (SSSR count). The summed E-state index contributed by atoms with van der Waals surface area (Å²) in [4.78, 5) is 14.5. The van der Waals surface area contributed by atoms with Gasteiger partial charge in [0.25, 0.3) is 0 Å². The van der Waals surface area contributed by atoms with E-state index in [2.05, 4.69) is 4.98 Å². The molecule has 2 unspecified atom stereocenters. The Kier molecular flexibility index (Phi) is 3.36. The Morgan fingerprint density at radius 1 is 1.56 bits per heavy atom. The van der Waals surface area contributed by atoms with Crippen molar-refractivity contribution in [3.8, 4) is 0 Å². The molecule has 2 heterocycles. The fourth-order valence-electron chi connectivity index (χ4n) is 2.07. The van der Waals surface area contributed by atoms with Gasteiger partial charge >= 0.3 is 5.97 Å². The standard InChI is InChI=1S/C11H13NO5S/c1-7-9(3-5-17-7)18(15,16)10-2-4-12-6-8(10)11(13)14/h2,4,6-7,9H,3,5H2,1H3,(H,13,14). The van der Waals surface area contributed by atoms with Crippen LogP contribution in [-0.4, -0.2) is 42.4 Å². The zero-order valence-electron chi connectivity index (χ0n) is 9.74. The third-order valence-corrected chi connectivity index (χ3v) is 5.41. The highest BCUT2D eigenvalue weighted by atomic mass is 32.2. The van der Waals surface area contributed by atoms with Crippen molar-refractivity contribution in [2.24, 2.45) is 0 Å². The first-order valence-electron chi connectivity index (χ1n) is 5.47. The van der Waals surface area contributed by atoms with Gasteiger partial charge in [-0.05, 0) is 19.4 Å². The third kappa shape index (κ3) is 2.11. The van der Waals surface area contributed by atoms with Crippen LogP contribution in [0.4, 0.5) is 0 Å². The first-order valence-corrected chi connectivity index (χ1v) is 7.02. The first kappa shape index (κ1) is 13.0. The summed E-state index contributed by atoms with van der Waals surface area (Å²) in [6, 6.07) is 1.23. The number of hydrogen-bond acceptors (Lipinski definition) is 5. The van der Waals surface area contributed by atoms with Gasteiger partial charge in [-0.1, -0.05) is 0 Å². The Morgan fingerprint density at radius 2 is 2.28 bits per heavy atom. The average molecular weight is 271 g/mol. The van der Waals surface area contributed by atoms with E-state index in [1.54, 1.807) is 6.92 Å². The summed E-state index contributed by atoms with van der Waals surface area (Å²) in [7, 11) is -3.71. The predicted molar refractivity (Wildman–Crippen MR) is 62.2 cm³/mol. The zero-order chi connectivity index (χ0) is 13.3. The molecule has 1 N–H and O–H groups in total. The lowest BCUT2D eigenvalue weighted by atomic mass is 10.2. The largest absolute Gasteiger partial charge is 0.478 e. The second-order valence-corrected chi connectivity index (χ2v) is 6.26. The molecule has 1 aromatic heterocycles. The van der Waals surface area contributed by atoms with E-state index in [0.717, 1.165) is 6.20 Å². The Labute approximate surface area is 105 Å². The molecule has 0 radical (unpaired) electrons. The van der Waals surface area contributed by atoms with E-state index in [9.17, 15) is 13.2 Å². The van der Waals surface area contributed by atoms with Crippen LogP contribution < -0.4 is 0 Å². The van der Waals surface area contributed by atoms with Crippen molar-refractivity contribution >= 4 is 15.8 Å². The quantitative estimate of drug-likeness (QED) is 0.871. The Morgan fingerprint density at radius 3 is 2.83 bits per heavy atom. The van der Waals surface area contributed by atoms with Crippen LogP contribution in [0.1, 0.15) is 23.7 Å². The van der Waals surface area contributed by atoms with E-state index in [0.29, 0.717) is 13.0 Å². The number of aromatic nitrogens is 1. The van der Waals surface area contributed by atoms with Gasteiger partial charge in [0.1, 0.15) is 0 Å². The summed E-state index contributed by atoms with van der Waals surface area (Å²) in [5.74, 6) is -1.30. The molecule has 0 aliphatic carbocycles. The summed E-state index contributed by atoms with van der Waals surface area (Å²) in [6.45, 7) is 2.05. The topological polar surface area (TPSA) is 93.6 Å². The molecular formula is C11H13NO5S. The second-order valence-electron chi connectivity index (χ2n) is 4.13. The Balaban J connectivity index is 2.51. The molecule has 1 saturated heterocycles. The number of carboxylic acids is 1. The molecular weight excluding hydrogens is 258 g/mol. The fraction of sp³-hybridized carbons (Fsp3) is 0.455. The van der Waals surface area contributed by atoms with Gasteiger partial charge in [-0.3, -0.25) is 4.98 Å². The van der Waals surface area contributed by atoms with E-state index < -0.39 is 27.2 Å². The minimum Gasteiger partial charge on any atom is -0.478 e. The molecule has 0 amide bonds. The van der Waals surface area contributed by atoms with E-state index in [-0.39, 0.29) is 10.5 Å². The highest BCUT2D eigenvalue weighted by molar-refractivity contribution is 7.92. The maximum absolute atomic E-state index is 12.4. The van der Waals surface area contributed by atoms with Gasteiger partial charge in [0.2, 0.25) is 0 Å². The summed E-state index contributed by atoms with van der Waals surface area (Å²) in [5, 5.41) is 8.31. The third-order valence-electron chi connectivity index (χ3n) is 3.02.